The first-order valence-corrected chi connectivity index (χ1v) is 7.10. The second-order valence-corrected chi connectivity index (χ2v) is 5.77. The fourth-order valence-electron chi connectivity index (χ4n) is 3.44. The van der Waals surface area contributed by atoms with Crippen LogP contribution in [0.4, 0.5) is 5.69 Å². The van der Waals surface area contributed by atoms with Crippen LogP contribution in [0.2, 0.25) is 0 Å². The molecule has 5 nitrogen and oxygen atoms in total. The van der Waals surface area contributed by atoms with Crippen LogP contribution in [0.15, 0.2) is 36.4 Å². The molecule has 1 amide bonds. The zero-order valence-corrected chi connectivity index (χ0v) is 11.7. The van der Waals surface area contributed by atoms with Crippen LogP contribution < -0.4 is 10.9 Å². The molecule has 21 heavy (non-hydrogen) atoms. The monoisotopic (exact) mass is 286 g/mol. The number of para-hydroxylation sites is 1. The van der Waals surface area contributed by atoms with Gasteiger partial charge in [-0.05, 0) is 36.8 Å². The Hall–Kier alpha value is -2.30. The fourth-order valence-corrected chi connectivity index (χ4v) is 3.44. The predicted octanol–water partition coefficient (Wildman–Crippen LogP) is 1.96. The van der Waals surface area contributed by atoms with Gasteiger partial charge in [0.2, 0.25) is 5.91 Å². The molecule has 4 atom stereocenters. The molecular weight excluding hydrogens is 268 g/mol. The van der Waals surface area contributed by atoms with Crippen LogP contribution in [-0.2, 0) is 9.59 Å². The van der Waals surface area contributed by atoms with Crippen LogP contribution in [0.25, 0.3) is 0 Å². The molecule has 1 fully saturated rings. The molecule has 1 aromatic rings. The largest absolute Gasteiger partial charge is 0.481 e. The SMILES string of the molecule is Cc1ccccc1NNC(=O)[C@H]1[C@@H](C(=O)O)[C@H]2C=C[C@H]1C2. The van der Waals surface area contributed by atoms with E-state index in [1.807, 2.05) is 43.3 Å². The lowest BCUT2D eigenvalue weighted by Crippen LogP contribution is -2.42. The topological polar surface area (TPSA) is 78.4 Å². The zero-order valence-electron chi connectivity index (χ0n) is 11.7. The van der Waals surface area contributed by atoms with Gasteiger partial charge < -0.3 is 5.11 Å². The van der Waals surface area contributed by atoms with Gasteiger partial charge in [-0.1, -0.05) is 30.4 Å². The Morgan fingerprint density at radius 3 is 2.48 bits per heavy atom. The molecule has 2 aliphatic carbocycles. The van der Waals surface area contributed by atoms with Crippen molar-refractivity contribution in [3.05, 3.63) is 42.0 Å². The highest BCUT2D eigenvalue weighted by Crippen LogP contribution is 2.48. The first-order chi connectivity index (χ1) is 10.1. The number of carboxylic acids is 1. The number of rotatable bonds is 4. The van der Waals surface area contributed by atoms with Gasteiger partial charge in [-0.3, -0.25) is 20.4 Å². The van der Waals surface area contributed by atoms with E-state index in [2.05, 4.69) is 10.9 Å². The number of allylic oxidation sites excluding steroid dienone is 2. The van der Waals surface area contributed by atoms with Crippen molar-refractivity contribution in [2.24, 2.45) is 23.7 Å². The van der Waals surface area contributed by atoms with Crippen molar-refractivity contribution >= 4 is 17.6 Å². The lowest BCUT2D eigenvalue weighted by atomic mass is 9.82. The van der Waals surface area contributed by atoms with E-state index in [1.54, 1.807) is 0 Å². The molecule has 1 aromatic carbocycles. The maximum atomic E-state index is 12.4. The third kappa shape index (κ3) is 2.39. The maximum Gasteiger partial charge on any atom is 0.307 e. The quantitative estimate of drug-likeness (QED) is 0.584. The summed E-state index contributed by atoms with van der Waals surface area (Å²) >= 11 is 0. The number of carboxylic acid groups (broad SMARTS) is 1. The number of amides is 1. The Labute approximate surface area is 123 Å². The predicted molar refractivity (Wildman–Crippen MR) is 78.3 cm³/mol. The number of carbonyl (C=O) groups excluding carboxylic acids is 1. The van der Waals surface area contributed by atoms with Gasteiger partial charge in [0.15, 0.2) is 0 Å². The van der Waals surface area contributed by atoms with E-state index in [9.17, 15) is 14.7 Å². The summed E-state index contributed by atoms with van der Waals surface area (Å²) in [6.45, 7) is 1.94. The summed E-state index contributed by atoms with van der Waals surface area (Å²) in [6, 6.07) is 7.60. The van der Waals surface area contributed by atoms with Gasteiger partial charge in [-0.15, -0.1) is 0 Å². The average Bonchev–Trinajstić information content (AvgIpc) is 3.06. The molecule has 0 spiro atoms. The number of aliphatic carboxylic acids is 1. The lowest BCUT2D eigenvalue weighted by molar-refractivity contribution is -0.147. The van der Waals surface area contributed by atoms with Crippen molar-refractivity contribution < 1.29 is 14.7 Å². The van der Waals surface area contributed by atoms with E-state index in [0.717, 1.165) is 17.7 Å². The summed E-state index contributed by atoms with van der Waals surface area (Å²) in [5.41, 5.74) is 7.39. The Morgan fingerprint density at radius 1 is 1.14 bits per heavy atom. The first kappa shape index (κ1) is 13.7. The molecule has 2 bridgehead atoms. The van der Waals surface area contributed by atoms with Crippen molar-refractivity contribution in [2.45, 2.75) is 13.3 Å². The van der Waals surface area contributed by atoms with Gasteiger partial charge >= 0.3 is 5.97 Å². The molecule has 5 heteroatoms. The molecular formula is C16H18N2O3. The highest BCUT2D eigenvalue weighted by Gasteiger charge is 2.51. The molecule has 0 saturated heterocycles. The Kier molecular flexibility index (Phi) is 3.41. The van der Waals surface area contributed by atoms with Gasteiger partial charge in [0.05, 0.1) is 17.5 Å². The number of nitrogens with one attached hydrogen (secondary N) is 2. The van der Waals surface area contributed by atoms with Gasteiger partial charge in [0, 0.05) is 0 Å². The van der Waals surface area contributed by atoms with E-state index in [-0.39, 0.29) is 17.7 Å². The van der Waals surface area contributed by atoms with Crippen molar-refractivity contribution in [3.63, 3.8) is 0 Å². The Bertz CT molecular complexity index is 611. The van der Waals surface area contributed by atoms with Crippen molar-refractivity contribution in [2.75, 3.05) is 5.43 Å². The van der Waals surface area contributed by atoms with Crippen LogP contribution >= 0.6 is 0 Å². The molecule has 0 aliphatic heterocycles. The van der Waals surface area contributed by atoms with Crippen molar-refractivity contribution in [1.82, 2.24) is 5.43 Å². The molecule has 3 rings (SSSR count). The minimum Gasteiger partial charge on any atom is -0.481 e. The van der Waals surface area contributed by atoms with Gasteiger partial charge in [0.25, 0.3) is 0 Å². The highest BCUT2D eigenvalue weighted by atomic mass is 16.4. The third-order valence-electron chi connectivity index (χ3n) is 4.51. The number of benzene rings is 1. The molecule has 0 unspecified atom stereocenters. The van der Waals surface area contributed by atoms with Gasteiger partial charge in [-0.2, -0.15) is 0 Å². The van der Waals surface area contributed by atoms with Gasteiger partial charge in [0.1, 0.15) is 0 Å². The number of carbonyl (C=O) groups is 2. The molecule has 0 heterocycles. The second-order valence-electron chi connectivity index (χ2n) is 5.77. The van der Waals surface area contributed by atoms with E-state index in [0.29, 0.717) is 0 Å². The van der Waals surface area contributed by atoms with E-state index in [1.165, 1.54) is 0 Å². The van der Waals surface area contributed by atoms with E-state index < -0.39 is 17.8 Å². The van der Waals surface area contributed by atoms with Gasteiger partial charge in [-0.25, -0.2) is 0 Å². The standard InChI is InChI=1S/C16H18N2O3/c1-9-4-2-3-5-12(9)17-18-15(19)13-10-6-7-11(8-10)14(13)16(20)21/h2-7,10-11,13-14,17H,8H2,1H3,(H,18,19)(H,20,21)/t10-,11-,13+,14-/m0/s1. The van der Waals surface area contributed by atoms with Crippen LogP contribution in [0.3, 0.4) is 0 Å². The average molecular weight is 286 g/mol. The Morgan fingerprint density at radius 2 is 1.81 bits per heavy atom. The first-order valence-electron chi connectivity index (χ1n) is 7.10. The molecule has 0 aromatic heterocycles. The highest BCUT2D eigenvalue weighted by molar-refractivity contribution is 5.87. The molecule has 3 N–H and O–H groups in total. The summed E-state index contributed by atoms with van der Waals surface area (Å²) < 4.78 is 0. The summed E-state index contributed by atoms with van der Waals surface area (Å²) in [6.07, 6.45) is 4.67. The lowest BCUT2D eigenvalue weighted by Gasteiger charge is -2.24. The zero-order chi connectivity index (χ0) is 15.0. The smallest absolute Gasteiger partial charge is 0.307 e. The Balaban J connectivity index is 1.69. The minimum absolute atomic E-state index is 0.0123. The maximum absolute atomic E-state index is 12.4. The van der Waals surface area contributed by atoms with E-state index >= 15 is 0 Å². The fraction of sp³-hybridized carbons (Fsp3) is 0.375. The number of hydrogen-bond donors (Lipinski definition) is 3. The van der Waals surface area contributed by atoms with E-state index in [4.69, 9.17) is 0 Å². The molecule has 1 saturated carbocycles. The number of hydrazine groups is 1. The van der Waals surface area contributed by atoms with Crippen LogP contribution in [0, 0.1) is 30.6 Å². The normalized spacial score (nSPS) is 29.4. The van der Waals surface area contributed by atoms with Crippen LogP contribution in [0.5, 0.6) is 0 Å². The summed E-state index contributed by atoms with van der Waals surface area (Å²) in [7, 11) is 0. The van der Waals surface area contributed by atoms with Crippen LogP contribution in [-0.4, -0.2) is 17.0 Å². The van der Waals surface area contributed by atoms with Crippen LogP contribution in [0.1, 0.15) is 12.0 Å². The molecule has 0 radical (unpaired) electrons. The minimum atomic E-state index is -0.886. The number of fused-ring (bicyclic) bond motifs is 2. The van der Waals surface area contributed by atoms with Crippen molar-refractivity contribution in [3.8, 4) is 0 Å². The second kappa shape index (κ2) is 5.24. The molecule has 110 valence electrons. The number of aryl methyl sites for hydroxylation is 1. The third-order valence-corrected chi connectivity index (χ3v) is 4.51. The summed E-state index contributed by atoms with van der Waals surface area (Å²) in [5, 5.41) is 9.35. The summed E-state index contributed by atoms with van der Waals surface area (Å²) in [4.78, 5) is 23.8. The number of hydrogen-bond acceptors (Lipinski definition) is 3. The van der Waals surface area contributed by atoms with Crippen molar-refractivity contribution in [1.29, 1.82) is 0 Å². The summed E-state index contributed by atoms with van der Waals surface area (Å²) in [5.74, 6) is -2.21. The molecule has 2 aliphatic rings. The number of anilines is 1.